The Morgan fingerprint density at radius 1 is 1.05 bits per heavy atom. The summed E-state index contributed by atoms with van der Waals surface area (Å²) in [6, 6.07) is 7.32. The topological polar surface area (TPSA) is 55.2 Å². The third kappa shape index (κ3) is 3.28. The van der Waals surface area contributed by atoms with Crippen LogP contribution in [0.2, 0.25) is 0 Å². The van der Waals surface area contributed by atoms with Gasteiger partial charge in [-0.3, -0.25) is 10.1 Å². The van der Waals surface area contributed by atoms with E-state index < -0.39 is 28.2 Å². The zero-order chi connectivity index (χ0) is 15.6. The SMILES string of the molecule is O=[N+]([O-])c1c(F)cccc1Nc1ccc(C(F)(F)F)cc1. The number of para-hydroxylation sites is 1. The van der Waals surface area contributed by atoms with Gasteiger partial charge in [-0.1, -0.05) is 6.07 Å². The van der Waals surface area contributed by atoms with Crippen molar-refractivity contribution in [3.8, 4) is 0 Å². The minimum Gasteiger partial charge on any atom is -0.350 e. The fraction of sp³-hybridized carbons (Fsp3) is 0.0769. The molecule has 4 nitrogen and oxygen atoms in total. The van der Waals surface area contributed by atoms with Crippen molar-refractivity contribution >= 4 is 17.1 Å². The molecular weight excluding hydrogens is 292 g/mol. The first-order valence-corrected chi connectivity index (χ1v) is 5.66. The molecule has 0 aliphatic rings. The summed E-state index contributed by atoms with van der Waals surface area (Å²) in [4.78, 5) is 9.89. The summed E-state index contributed by atoms with van der Waals surface area (Å²) < 4.78 is 50.6. The molecule has 2 aromatic rings. The first kappa shape index (κ1) is 14.8. The number of nitro benzene ring substituents is 1. The van der Waals surface area contributed by atoms with Crippen LogP contribution in [-0.2, 0) is 6.18 Å². The smallest absolute Gasteiger partial charge is 0.350 e. The van der Waals surface area contributed by atoms with Crippen LogP contribution in [0, 0.1) is 15.9 Å². The van der Waals surface area contributed by atoms with Crippen LogP contribution in [0.4, 0.5) is 34.6 Å². The van der Waals surface area contributed by atoms with Crippen molar-refractivity contribution < 1.29 is 22.5 Å². The molecule has 110 valence electrons. The quantitative estimate of drug-likeness (QED) is 0.516. The first-order chi connectivity index (χ1) is 9.79. The highest BCUT2D eigenvalue weighted by Crippen LogP contribution is 2.32. The standard InChI is InChI=1S/C13H8F4N2O2/c14-10-2-1-3-11(12(10)19(20)21)18-9-6-4-8(5-7-9)13(15,16)17/h1-7,18H. The third-order valence-corrected chi connectivity index (χ3v) is 2.66. The molecule has 0 atom stereocenters. The van der Waals surface area contributed by atoms with Crippen molar-refractivity contribution in [1.29, 1.82) is 0 Å². The van der Waals surface area contributed by atoms with Gasteiger partial charge in [0.2, 0.25) is 5.82 Å². The molecule has 0 saturated heterocycles. The number of alkyl halides is 3. The Kier molecular flexibility index (Phi) is 3.79. The number of halogens is 4. The van der Waals surface area contributed by atoms with Gasteiger partial charge in [0.25, 0.3) is 0 Å². The van der Waals surface area contributed by atoms with Crippen molar-refractivity contribution in [3.05, 3.63) is 64.0 Å². The third-order valence-electron chi connectivity index (χ3n) is 2.66. The molecule has 0 radical (unpaired) electrons. The van der Waals surface area contributed by atoms with Gasteiger partial charge in [-0.2, -0.15) is 17.6 Å². The number of rotatable bonds is 3. The number of anilines is 2. The molecule has 0 unspecified atom stereocenters. The number of benzene rings is 2. The second kappa shape index (κ2) is 5.39. The minimum atomic E-state index is -4.47. The molecule has 21 heavy (non-hydrogen) atoms. The van der Waals surface area contributed by atoms with Crippen molar-refractivity contribution in [2.24, 2.45) is 0 Å². The average Bonchev–Trinajstić information content (AvgIpc) is 2.38. The summed E-state index contributed by atoms with van der Waals surface area (Å²) in [5.74, 6) is -1.03. The maximum Gasteiger partial charge on any atom is 0.416 e. The van der Waals surface area contributed by atoms with Crippen LogP contribution < -0.4 is 5.32 Å². The zero-order valence-corrected chi connectivity index (χ0v) is 10.3. The number of hydrogen-bond donors (Lipinski definition) is 1. The van der Waals surface area contributed by atoms with Crippen LogP contribution >= 0.6 is 0 Å². The van der Waals surface area contributed by atoms with Crippen molar-refractivity contribution in [2.75, 3.05) is 5.32 Å². The number of nitro groups is 1. The maximum atomic E-state index is 13.4. The molecule has 0 aliphatic heterocycles. The molecule has 0 spiro atoms. The Balaban J connectivity index is 2.31. The summed E-state index contributed by atoms with van der Waals surface area (Å²) in [6.45, 7) is 0. The van der Waals surface area contributed by atoms with E-state index in [1.807, 2.05) is 0 Å². The summed E-state index contributed by atoms with van der Waals surface area (Å²) in [6.07, 6.45) is -4.47. The van der Waals surface area contributed by atoms with Gasteiger partial charge < -0.3 is 5.32 Å². The van der Waals surface area contributed by atoms with E-state index in [0.29, 0.717) is 0 Å². The number of nitrogens with zero attached hydrogens (tertiary/aromatic N) is 1. The lowest BCUT2D eigenvalue weighted by molar-refractivity contribution is -0.386. The highest BCUT2D eigenvalue weighted by Gasteiger charge is 2.30. The van der Waals surface area contributed by atoms with Gasteiger partial charge in [0, 0.05) is 5.69 Å². The van der Waals surface area contributed by atoms with Gasteiger partial charge in [-0.15, -0.1) is 0 Å². The Labute approximate surface area is 116 Å². The van der Waals surface area contributed by atoms with Crippen molar-refractivity contribution in [2.45, 2.75) is 6.18 Å². The molecule has 2 rings (SSSR count). The van der Waals surface area contributed by atoms with Crippen LogP contribution in [0.5, 0.6) is 0 Å². The van der Waals surface area contributed by atoms with Crippen LogP contribution in [0.15, 0.2) is 42.5 Å². The van der Waals surface area contributed by atoms with Gasteiger partial charge in [-0.25, -0.2) is 0 Å². The van der Waals surface area contributed by atoms with E-state index in [2.05, 4.69) is 5.32 Å². The van der Waals surface area contributed by atoms with E-state index in [4.69, 9.17) is 0 Å². The molecule has 2 aromatic carbocycles. The van der Waals surface area contributed by atoms with E-state index in [1.54, 1.807) is 0 Å². The monoisotopic (exact) mass is 300 g/mol. The second-order valence-electron chi connectivity index (χ2n) is 4.09. The summed E-state index contributed by atoms with van der Waals surface area (Å²) >= 11 is 0. The molecule has 0 amide bonds. The van der Waals surface area contributed by atoms with Crippen LogP contribution in [0.3, 0.4) is 0 Å². The summed E-state index contributed by atoms with van der Waals surface area (Å²) in [5.41, 5.74) is -1.57. The van der Waals surface area contributed by atoms with Gasteiger partial charge >= 0.3 is 11.9 Å². The maximum absolute atomic E-state index is 13.4. The van der Waals surface area contributed by atoms with Crippen molar-refractivity contribution in [3.63, 3.8) is 0 Å². The number of hydrogen-bond acceptors (Lipinski definition) is 3. The van der Waals surface area contributed by atoms with Crippen LogP contribution in [-0.4, -0.2) is 4.92 Å². The average molecular weight is 300 g/mol. The Hall–Kier alpha value is -2.64. The van der Waals surface area contributed by atoms with E-state index >= 15 is 0 Å². The van der Waals surface area contributed by atoms with Crippen molar-refractivity contribution in [1.82, 2.24) is 0 Å². The highest BCUT2D eigenvalue weighted by atomic mass is 19.4. The zero-order valence-electron chi connectivity index (χ0n) is 10.3. The lowest BCUT2D eigenvalue weighted by atomic mass is 10.2. The molecule has 0 heterocycles. The summed E-state index contributed by atoms with van der Waals surface area (Å²) in [5, 5.41) is 13.3. The predicted molar refractivity (Wildman–Crippen MR) is 67.8 cm³/mol. The molecule has 0 aromatic heterocycles. The molecule has 0 saturated carbocycles. The second-order valence-corrected chi connectivity index (χ2v) is 4.09. The highest BCUT2D eigenvalue weighted by molar-refractivity contribution is 5.69. The molecule has 0 fully saturated rings. The molecule has 8 heteroatoms. The Bertz CT molecular complexity index is 669. The normalized spacial score (nSPS) is 11.2. The fourth-order valence-electron chi connectivity index (χ4n) is 1.70. The Morgan fingerprint density at radius 3 is 2.19 bits per heavy atom. The van der Waals surface area contributed by atoms with E-state index in [1.165, 1.54) is 12.1 Å². The lowest BCUT2D eigenvalue weighted by Crippen LogP contribution is -2.04. The van der Waals surface area contributed by atoms with Gasteiger partial charge in [-0.05, 0) is 36.4 Å². The van der Waals surface area contributed by atoms with Crippen LogP contribution in [0.25, 0.3) is 0 Å². The van der Waals surface area contributed by atoms with E-state index in [-0.39, 0.29) is 11.4 Å². The predicted octanol–water partition coefficient (Wildman–Crippen LogP) is 4.50. The molecular formula is C13H8F4N2O2. The van der Waals surface area contributed by atoms with Gasteiger partial charge in [0.15, 0.2) is 0 Å². The van der Waals surface area contributed by atoms with Gasteiger partial charge in [0.1, 0.15) is 5.69 Å². The summed E-state index contributed by atoms with van der Waals surface area (Å²) in [7, 11) is 0. The number of nitrogens with one attached hydrogen (secondary N) is 1. The fourth-order valence-corrected chi connectivity index (χ4v) is 1.70. The van der Waals surface area contributed by atoms with Crippen LogP contribution in [0.1, 0.15) is 5.56 Å². The Morgan fingerprint density at radius 2 is 1.67 bits per heavy atom. The molecule has 1 N–H and O–H groups in total. The lowest BCUT2D eigenvalue weighted by Gasteiger charge is -2.10. The minimum absolute atomic E-state index is 0.139. The molecule has 0 aliphatic carbocycles. The molecule has 0 bridgehead atoms. The van der Waals surface area contributed by atoms with Gasteiger partial charge in [0.05, 0.1) is 10.5 Å². The van der Waals surface area contributed by atoms with E-state index in [0.717, 1.165) is 30.3 Å². The largest absolute Gasteiger partial charge is 0.416 e. The van der Waals surface area contributed by atoms with E-state index in [9.17, 15) is 27.7 Å². The first-order valence-electron chi connectivity index (χ1n) is 5.66.